The summed E-state index contributed by atoms with van der Waals surface area (Å²) in [6.07, 6.45) is 1.59. The Bertz CT molecular complexity index is 1190. The number of carbonyl (C=O) groups excluding carboxylic acids is 1. The molecule has 0 atom stereocenters. The van der Waals surface area contributed by atoms with Crippen molar-refractivity contribution in [2.75, 3.05) is 0 Å². The minimum absolute atomic E-state index is 0.164. The number of aryl methyl sites for hydroxylation is 1. The lowest BCUT2D eigenvalue weighted by Crippen LogP contribution is -2.17. The Morgan fingerprint density at radius 2 is 1.77 bits per heavy atom. The fourth-order valence-electron chi connectivity index (χ4n) is 3.12. The van der Waals surface area contributed by atoms with Crippen LogP contribution in [0.2, 0.25) is 0 Å². The number of hydrazone groups is 1. The maximum atomic E-state index is 12.3. The smallest absolute Gasteiger partial charge is 0.307 e. The molecule has 1 amide bonds. The molecule has 0 saturated carbocycles. The molecule has 4 rings (SSSR count). The summed E-state index contributed by atoms with van der Waals surface area (Å²) in [6, 6.07) is 22.6. The molecule has 7 nitrogen and oxygen atoms in total. The van der Waals surface area contributed by atoms with Gasteiger partial charge in [-0.25, -0.2) is 10.1 Å². The highest BCUT2D eigenvalue weighted by atomic mass is 16.5. The molecule has 0 aliphatic heterocycles. The first-order chi connectivity index (χ1) is 15.1. The summed E-state index contributed by atoms with van der Waals surface area (Å²) in [6.45, 7) is 4.10. The van der Waals surface area contributed by atoms with Gasteiger partial charge in [0.2, 0.25) is 0 Å². The summed E-state index contributed by atoms with van der Waals surface area (Å²) in [5.41, 5.74) is 6.06. The van der Waals surface area contributed by atoms with Gasteiger partial charge in [-0.3, -0.25) is 4.79 Å². The number of nitrogens with one attached hydrogen (secondary N) is 1. The summed E-state index contributed by atoms with van der Waals surface area (Å²) in [5, 5.41) is 8.65. The van der Waals surface area contributed by atoms with E-state index in [4.69, 9.17) is 9.15 Å². The van der Waals surface area contributed by atoms with Crippen molar-refractivity contribution in [1.29, 1.82) is 0 Å². The normalized spacial score (nSPS) is 11.0. The molecular formula is C24H22N4O3. The number of aromatic nitrogens is 2. The van der Waals surface area contributed by atoms with Crippen molar-refractivity contribution in [2.24, 2.45) is 5.10 Å². The topological polar surface area (TPSA) is 81.7 Å². The van der Waals surface area contributed by atoms with E-state index in [2.05, 4.69) is 15.6 Å². The van der Waals surface area contributed by atoms with E-state index in [0.717, 1.165) is 28.4 Å². The Morgan fingerprint density at radius 1 is 1.06 bits per heavy atom. The van der Waals surface area contributed by atoms with E-state index in [1.807, 2.05) is 79.2 Å². The lowest BCUT2D eigenvalue weighted by molar-refractivity contribution is 0.0923. The number of ether oxygens (including phenoxy) is 1. The molecule has 31 heavy (non-hydrogen) atoms. The number of benzene rings is 2. The summed E-state index contributed by atoms with van der Waals surface area (Å²) >= 11 is 0. The monoisotopic (exact) mass is 414 g/mol. The number of hydrogen-bond acceptors (Lipinski definition) is 5. The molecule has 0 bridgehead atoms. The van der Waals surface area contributed by atoms with Crippen LogP contribution in [0.25, 0.3) is 5.69 Å². The lowest BCUT2D eigenvalue weighted by atomic mass is 10.2. The number of hydrogen-bond donors (Lipinski definition) is 1. The lowest BCUT2D eigenvalue weighted by Gasteiger charge is -2.03. The molecule has 0 aliphatic carbocycles. The number of rotatable bonds is 7. The molecule has 2 aromatic heterocycles. The van der Waals surface area contributed by atoms with E-state index in [-0.39, 0.29) is 12.4 Å². The van der Waals surface area contributed by atoms with Crippen molar-refractivity contribution in [3.05, 3.63) is 101 Å². The molecule has 156 valence electrons. The maximum Gasteiger partial charge on any atom is 0.307 e. The highest BCUT2D eigenvalue weighted by Gasteiger charge is 2.13. The number of carbonyl (C=O) groups is 1. The first-order valence-corrected chi connectivity index (χ1v) is 9.83. The van der Waals surface area contributed by atoms with Crippen LogP contribution >= 0.6 is 0 Å². The van der Waals surface area contributed by atoms with Gasteiger partial charge in [0.25, 0.3) is 0 Å². The minimum atomic E-state index is -0.437. The van der Waals surface area contributed by atoms with Crippen LogP contribution in [0.5, 0.6) is 5.75 Å². The van der Waals surface area contributed by atoms with Gasteiger partial charge in [-0.05, 0) is 50.2 Å². The fraction of sp³-hybridized carbons (Fsp3) is 0.125. The standard InChI is InChI=1S/C24H22N4O3/c1-17-22(18(2)28(27-17)19-9-5-3-6-10-19)15-25-26-24(29)23-14-13-21(31-23)16-30-20-11-7-4-8-12-20/h3-15H,16H2,1-2H3,(H,26,29)/b25-15-. The van der Waals surface area contributed by atoms with Gasteiger partial charge in [0.05, 0.1) is 23.3 Å². The first kappa shape index (κ1) is 20.2. The van der Waals surface area contributed by atoms with Gasteiger partial charge in [0.1, 0.15) is 18.1 Å². The molecule has 0 unspecified atom stereocenters. The van der Waals surface area contributed by atoms with Crippen LogP contribution in [0.4, 0.5) is 0 Å². The first-order valence-electron chi connectivity index (χ1n) is 9.83. The Morgan fingerprint density at radius 3 is 2.52 bits per heavy atom. The zero-order valence-corrected chi connectivity index (χ0v) is 17.3. The van der Waals surface area contributed by atoms with Crippen LogP contribution < -0.4 is 10.2 Å². The molecular weight excluding hydrogens is 392 g/mol. The van der Waals surface area contributed by atoms with E-state index in [9.17, 15) is 4.79 Å². The van der Waals surface area contributed by atoms with Gasteiger partial charge in [0.15, 0.2) is 5.76 Å². The third-order valence-corrected chi connectivity index (χ3v) is 4.72. The second kappa shape index (κ2) is 9.13. The highest BCUT2D eigenvalue weighted by molar-refractivity contribution is 5.92. The molecule has 4 aromatic rings. The molecule has 0 spiro atoms. The average Bonchev–Trinajstić information content (AvgIpc) is 3.39. The number of furan rings is 1. The van der Waals surface area contributed by atoms with Crippen LogP contribution in [0, 0.1) is 13.8 Å². The van der Waals surface area contributed by atoms with Gasteiger partial charge in [-0.1, -0.05) is 36.4 Å². The molecule has 2 heterocycles. The molecule has 2 aromatic carbocycles. The van der Waals surface area contributed by atoms with E-state index in [0.29, 0.717) is 5.76 Å². The Hall–Kier alpha value is -4.13. The third kappa shape index (κ3) is 4.72. The third-order valence-electron chi connectivity index (χ3n) is 4.72. The van der Waals surface area contributed by atoms with Gasteiger partial charge in [-0.2, -0.15) is 10.2 Å². The van der Waals surface area contributed by atoms with E-state index < -0.39 is 5.91 Å². The van der Waals surface area contributed by atoms with Crippen LogP contribution in [0.15, 0.2) is 82.3 Å². The average molecular weight is 414 g/mol. The van der Waals surface area contributed by atoms with Crippen molar-refractivity contribution in [3.8, 4) is 11.4 Å². The van der Waals surface area contributed by atoms with Crippen molar-refractivity contribution in [2.45, 2.75) is 20.5 Å². The Kier molecular flexibility index (Phi) is 5.93. The molecule has 0 fully saturated rings. The Balaban J connectivity index is 1.38. The van der Waals surface area contributed by atoms with Crippen LogP contribution in [-0.2, 0) is 6.61 Å². The van der Waals surface area contributed by atoms with E-state index in [1.54, 1.807) is 18.3 Å². The molecule has 0 radical (unpaired) electrons. The number of amides is 1. The highest BCUT2D eigenvalue weighted by Crippen LogP contribution is 2.16. The summed E-state index contributed by atoms with van der Waals surface area (Å²) < 4.78 is 13.0. The van der Waals surface area contributed by atoms with Crippen LogP contribution in [-0.4, -0.2) is 21.9 Å². The van der Waals surface area contributed by atoms with Gasteiger partial charge in [0, 0.05) is 5.56 Å². The molecule has 0 aliphatic rings. The van der Waals surface area contributed by atoms with Crippen molar-refractivity contribution >= 4 is 12.1 Å². The SMILES string of the molecule is Cc1nn(-c2ccccc2)c(C)c1/C=N\NC(=O)c1ccc(COc2ccccc2)o1. The summed E-state index contributed by atoms with van der Waals surface area (Å²) in [7, 11) is 0. The van der Waals surface area contributed by atoms with Gasteiger partial charge < -0.3 is 9.15 Å². The largest absolute Gasteiger partial charge is 0.486 e. The molecule has 7 heteroatoms. The minimum Gasteiger partial charge on any atom is -0.486 e. The fourth-order valence-corrected chi connectivity index (χ4v) is 3.12. The Labute approximate surface area is 180 Å². The van der Waals surface area contributed by atoms with E-state index >= 15 is 0 Å². The number of para-hydroxylation sites is 2. The second-order valence-corrected chi connectivity index (χ2v) is 6.90. The van der Waals surface area contributed by atoms with Crippen molar-refractivity contribution in [1.82, 2.24) is 15.2 Å². The zero-order chi connectivity index (χ0) is 21.6. The van der Waals surface area contributed by atoms with Crippen molar-refractivity contribution in [3.63, 3.8) is 0 Å². The second-order valence-electron chi connectivity index (χ2n) is 6.90. The van der Waals surface area contributed by atoms with Crippen LogP contribution in [0.3, 0.4) is 0 Å². The van der Waals surface area contributed by atoms with E-state index in [1.165, 1.54) is 0 Å². The van der Waals surface area contributed by atoms with Gasteiger partial charge >= 0.3 is 5.91 Å². The molecule has 0 saturated heterocycles. The summed E-state index contributed by atoms with van der Waals surface area (Å²) in [4.78, 5) is 12.3. The van der Waals surface area contributed by atoms with Gasteiger partial charge in [-0.15, -0.1) is 0 Å². The summed E-state index contributed by atoms with van der Waals surface area (Å²) in [5.74, 6) is 1.01. The number of nitrogens with zero attached hydrogens (tertiary/aromatic N) is 3. The van der Waals surface area contributed by atoms with Crippen molar-refractivity contribution < 1.29 is 13.9 Å². The quantitative estimate of drug-likeness (QED) is 0.358. The van der Waals surface area contributed by atoms with Crippen LogP contribution in [0.1, 0.15) is 33.3 Å². The predicted molar refractivity (Wildman–Crippen MR) is 118 cm³/mol. The predicted octanol–water partition coefficient (Wildman–Crippen LogP) is 4.43. The molecule has 1 N–H and O–H groups in total. The maximum absolute atomic E-state index is 12.3. The zero-order valence-electron chi connectivity index (χ0n) is 17.3.